The van der Waals surface area contributed by atoms with Crippen LogP contribution in [-0.2, 0) is 0 Å². The van der Waals surface area contributed by atoms with E-state index in [0.717, 1.165) is 5.56 Å². The van der Waals surface area contributed by atoms with E-state index in [-0.39, 0.29) is 17.0 Å². The number of hydrogen-bond acceptors (Lipinski definition) is 7. The van der Waals surface area contributed by atoms with Crippen LogP contribution in [0, 0.1) is 0 Å². The molecule has 10 nitrogen and oxygen atoms in total. The molecule has 0 saturated carbocycles. The number of carbonyl (C=O) groups is 2. The maximum atomic E-state index is 13.1. The molecule has 0 spiro atoms. The summed E-state index contributed by atoms with van der Waals surface area (Å²) >= 11 is 0. The minimum absolute atomic E-state index is 0.0528. The molecule has 0 radical (unpaired) electrons. The van der Waals surface area contributed by atoms with Crippen LogP contribution in [0.3, 0.4) is 0 Å². The number of carbonyl (C=O) groups excluding carboxylic acids is 2. The van der Waals surface area contributed by atoms with Gasteiger partial charge >= 0.3 is 0 Å². The Balaban J connectivity index is 1.51. The molecule has 10 heteroatoms. The van der Waals surface area contributed by atoms with E-state index in [4.69, 9.17) is 10.2 Å². The molecular weight excluding hydrogens is 410 g/mol. The summed E-state index contributed by atoms with van der Waals surface area (Å²) in [6, 6.07) is 14.4. The number of furan rings is 1. The number of nitrogens with one attached hydrogen (secondary N) is 1. The smallest absolute Gasteiger partial charge is 0.272 e. The highest BCUT2D eigenvalue weighted by atomic mass is 16.3. The second-order valence-corrected chi connectivity index (χ2v) is 6.77. The van der Waals surface area contributed by atoms with Gasteiger partial charge in [0.1, 0.15) is 17.7 Å². The van der Waals surface area contributed by atoms with Crippen molar-refractivity contribution in [2.24, 2.45) is 5.73 Å². The summed E-state index contributed by atoms with van der Waals surface area (Å²) in [6.45, 7) is 0. The first-order valence-electron chi connectivity index (χ1n) is 9.51. The predicted octanol–water partition coefficient (Wildman–Crippen LogP) is 2.80. The van der Waals surface area contributed by atoms with E-state index >= 15 is 0 Å². The van der Waals surface area contributed by atoms with E-state index in [9.17, 15) is 9.59 Å². The largest absolute Gasteiger partial charge is 0.463 e. The Kier molecular flexibility index (Phi) is 4.64. The average molecular weight is 425 g/mol. The van der Waals surface area contributed by atoms with Crippen LogP contribution in [0.25, 0.3) is 28.5 Å². The van der Waals surface area contributed by atoms with Gasteiger partial charge in [0.25, 0.3) is 11.8 Å². The van der Waals surface area contributed by atoms with Crippen molar-refractivity contribution in [3.8, 4) is 22.8 Å². The molecule has 2 amide bonds. The zero-order valence-corrected chi connectivity index (χ0v) is 16.5. The van der Waals surface area contributed by atoms with Gasteiger partial charge in [0.05, 0.1) is 24.3 Å². The fourth-order valence-corrected chi connectivity index (χ4v) is 3.19. The molecular formula is C22H15N7O3. The number of nitrogens with two attached hydrogens (primary N) is 1. The first-order chi connectivity index (χ1) is 15.6. The van der Waals surface area contributed by atoms with Crippen LogP contribution in [0.15, 0.2) is 77.9 Å². The van der Waals surface area contributed by atoms with Gasteiger partial charge in [0.2, 0.25) is 0 Å². The van der Waals surface area contributed by atoms with Crippen molar-refractivity contribution in [2.75, 3.05) is 5.32 Å². The molecule has 0 bridgehead atoms. The minimum atomic E-state index is -0.757. The predicted molar refractivity (Wildman–Crippen MR) is 115 cm³/mol. The maximum absolute atomic E-state index is 13.1. The van der Waals surface area contributed by atoms with Crippen LogP contribution in [0.1, 0.15) is 21.0 Å². The lowest BCUT2D eigenvalue weighted by Crippen LogP contribution is -2.18. The number of imidazole rings is 1. The lowest BCUT2D eigenvalue weighted by molar-refractivity contribution is 0.0993. The van der Waals surface area contributed by atoms with Gasteiger partial charge in [-0.1, -0.05) is 30.3 Å². The second kappa shape index (κ2) is 7.76. The molecule has 4 heterocycles. The zero-order valence-electron chi connectivity index (χ0n) is 16.5. The minimum Gasteiger partial charge on any atom is -0.463 e. The molecule has 0 unspecified atom stereocenters. The van der Waals surface area contributed by atoms with Crippen LogP contribution >= 0.6 is 0 Å². The number of rotatable bonds is 5. The fourth-order valence-electron chi connectivity index (χ4n) is 3.19. The van der Waals surface area contributed by atoms with Crippen LogP contribution < -0.4 is 11.1 Å². The molecule has 4 aromatic heterocycles. The van der Waals surface area contributed by atoms with Crippen molar-refractivity contribution in [3.63, 3.8) is 0 Å². The summed E-state index contributed by atoms with van der Waals surface area (Å²) in [4.78, 5) is 41.9. The van der Waals surface area contributed by atoms with Crippen LogP contribution in [-0.4, -0.2) is 36.2 Å². The highest BCUT2D eigenvalue weighted by molar-refractivity contribution is 6.05. The third kappa shape index (κ3) is 3.45. The molecule has 0 atom stereocenters. The maximum Gasteiger partial charge on any atom is 0.272 e. The Morgan fingerprint density at radius 1 is 1.00 bits per heavy atom. The Morgan fingerprint density at radius 2 is 1.78 bits per heavy atom. The van der Waals surface area contributed by atoms with E-state index in [1.807, 2.05) is 30.3 Å². The van der Waals surface area contributed by atoms with E-state index in [1.54, 1.807) is 12.1 Å². The fraction of sp³-hybridized carbons (Fsp3) is 0. The molecule has 156 valence electrons. The average Bonchev–Trinajstić information content (AvgIpc) is 3.50. The molecule has 5 rings (SSSR count). The molecule has 1 aromatic carbocycles. The normalized spacial score (nSPS) is 10.9. The van der Waals surface area contributed by atoms with Gasteiger partial charge in [0.15, 0.2) is 22.9 Å². The quantitative estimate of drug-likeness (QED) is 0.441. The zero-order chi connectivity index (χ0) is 22.1. The molecule has 3 N–H and O–H groups in total. The Labute approximate surface area is 180 Å². The van der Waals surface area contributed by atoms with Gasteiger partial charge < -0.3 is 15.5 Å². The lowest BCUT2D eigenvalue weighted by atomic mass is 10.2. The number of hydrogen-bond donors (Lipinski definition) is 2. The number of benzene rings is 1. The van der Waals surface area contributed by atoms with E-state index in [2.05, 4.69) is 25.3 Å². The molecule has 32 heavy (non-hydrogen) atoms. The number of amides is 2. The van der Waals surface area contributed by atoms with Crippen molar-refractivity contribution in [1.82, 2.24) is 24.3 Å². The molecule has 0 saturated heterocycles. The second-order valence-electron chi connectivity index (χ2n) is 6.77. The summed E-state index contributed by atoms with van der Waals surface area (Å²) in [5.74, 6) is -0.271. The molecule has 0 aliphatic heterocycles. The topological polar surface area (TPSA) is 141 Å². The standard InChI is InChI=1S/C22H15N7O3/c23-19(30)18-21-28-15(17-7-4-8-32-17)9-16(29(21)12-26-18)22(31)27-14-10-24-20(25-11-14)13-5-2-1-3-6-13/h1-12H,(H2,23,30)(H,27,31). The molecule has 0 fully saturated rings. The highest BCUT2D eigenvalue weighted by Crippen LogP contribution is 2.23. The van der Waals surface area contributed by atoms with Gasteiger partial charge in [-0.15, -0.1) is 0 Å². The Bertz CT molecular complexity index is 1430. The van der Waals surface area contributed by atoms with Gasteiger partial charge in [-0.2, -0.15) is 0 Å². The van der Waals surface area contributed by atoms with E-state index in [0.29, 0.717) is 23.0 Å². The highest BCUT2D eigenvalue weighted by Gasteiger charge is 2.20. The summed E-state index contributed by atoms with van der Waals surface area (Å²) < 4.78 is 6.78. The van der Waals surface area contributed by atoms with Gasteiger partial charge in [-0.05, 0) is 18.2 Å². The van der Waals surface area contributed by atoms with Crippen molar-refractivity contribution in [1.29, 1.82) is 0 Å². The molecule has 5 aromatic rings. The number of fused-ring (bicyclic) bond motifs is 1. The molecule has 0 aliphatic rings. The summed E-state index contributed by atoms with van der Waals surface area (Å²) in [5.41, 5.74) is 7.29. The number of aromatic nitrogens is 5. The van der Waals surface area contributed by atoms with Crippen molar-refractivity contribution in [3.05, 3.63) is 84.9 Å². The lowest BCUT2D eigenvalue weighted by Gasteiger charge is -2.09. The van der Waals surface area contributed by atoms with Crippen molar-refractivity contribution in [2.45, 2.75) is 0 Å². The third-order valence-corrected chi connectivity index (χ3v) is 4.68. The van der Waals surface area contributed by atoms with E-state index < -0.39 is 11.8 Å². The van der Waals surface area contributed by atoms with Crippen molar-refractivity contribution < 1.29 is 14.0 Å². The van der Waals surface area contributed by atoms with Gasteiger partial charge in [-0.25, -0.2) is 19.9 Å². The summed E-state index contributed by atoms with van der Waals surface area (Å²) in [6.07, 6.45) is 5.83. The van der Waals surface area contributed by atoms with Crippen LogP contribution in [0.4, 0.5) is 5.69 Å². The van der Waals surface area contributed by atoms with Crippen LogP contribution in [0.5, 0.6) is 0 Å². The first-order valence-corrected chi connectivity index (χ1v) is 9.51. The Morgan fingerprint density at radius 3 is 2.47 bits per heavy atom. The first kappa shape index (κ1) is 19.1. The molecule has 0 aliphatic carbocycles. The number of nitrogens with zero attached hydrogens (tertiary/aromatic N) is 5. The SMILES string of the molecule is NC(=O)c1ncn2c(C(=O)Nc3cnc(-c4ccccc4)nc3)cc(-c3ccco3)nc12. The van der Waals surface area contributed by atoms with Crippen molar-refractivity contribution >= 4 is 23.1 Å². The van der Waals surface area contributed by atoms with E-state index in [1.165, 1.54) is 35.5 Å². The van der Waals surface area contributed by atoms with Gasteiger partial charge in [0, 0.05) is 5.56 Å². The monoisotopic (exact) mass is 425 g/mol. The Hall–Kier alpha value is -4.86. The third-order valence-electron chi connectivity index (χ3n) is 4.68. The summed E-state index contributed by atoms with van der Waals surface area (Å²) in [7, 11) is 0. The number of anilines is 1. The number of primary amides is 1. The summed E-state index contributed by atoms with van der Waals surface area (Å²) in [5, 5.41) is 2.75. The van der Waals surface area contributed by atoms with Gasteiger partial charge in [-0.3, -0.25) is 14.0 Å². The van der Waals surface area contributed by atoms with Crippen LogP contribution in [0.2, 0.25) is 0 Å².